The molecule has 2 aliphatic rings. The zero-order valence-corrected chi connectivity index (χ0v) is 15.0. The van der Waals surface area contributed by atoms with Crippen molar-refractivity contribution in [2.45, 2.75) is 39.0 Å². The number of nitrogens with two attached hydrogens (primary N) is 1. The zero-order valence-electron chi connectivity index (χ0n) is 15.0. The molecule has 128 valence electrons. The van der Waals surface area contributed by atoms with Crippen LogP contribution in [0.3, 0.4) is 0 Å². The molecular weight excluding hydrogens is 304 g/mol. The largest absolute Gasteiger partial charge is 0.399 e. The summed E-state index contributed by atoms with van der Waals surface area (Å²) in [6.45, 7) is 6.22. The Bertz CT molecular complexity index is 865. The Morgan fingerprint density at radius 3 is 2.72 bits per heavy atom. The second kappa shape index (κ2) is 6.44. The molecule has 0 fully saturated rings. The van der Waals surface area contributed by atoms with Crippen molar-refractivity contribution in [3.05, 3.63) is 77.7 Å². The van der Waals surface area contributed by atoms with Gasteiger partial charge in [-0.1, -0.05) is 56.3 Å². The van der Waals surface area contributed by atoms with E-state index < -0.39 is 0 Å². The number of aromatic nitrogens is 1. The van der Waals surface area contributed by atoms with Crippen LogP contribution in [0.15, 0.2) is 66.4 Å². The van der Waals surface area contributed by atoms with Gasteiger partial charge in [0.05, 0.1) is 5.69 Å². The average Bonchev–Trinajstić information content (AvgIpc) is 3.26. The summed E-state index contributed by atoms with van der Waals surface area (Å²) >= 11 is 0. The van der Waals surface area contributed by atoms with Gasteiger partial charge in [-0.2, -0.15) is 0 Å². The van der Waals surface area contributed by atoms with E-state index >= 15 is 0 Å². The van der Waals surface area contributed by atoms with Gasteiger partial charge in [0.25, 0.3) is 0 Å². The SMILES string of the molecule is C=C(N)C1=CC=C(n2c(-c3ccccc3)cc3c2CCC(CC)C3)C1. The van der Waals surface area contributed by atoms with Crippen molar-refractivity contribution in [2.75, 3.05) is 0 Å². The molecule has 2 aliphatic carbocycles. The molecule has 2 N–H and O–H groups in total. The molecule has 4 rings (SSSR count). The predicted molar refractivity (Wildman–Crippen MR) is 106 cm³/mol. The molecule has 0 amide bonds. The first-order chi connectivity index (χ1) is 12.2. The molecule has 1 aromatic carbocycles. The van der Waals surface area contributed by atoms with Crippen molar-refractivity contribution in [1.29, 1.82) is 0 Å². The molecular formula is C23H26N2. The summed E-state index contributed by atoms with van der Waals surface area (Å²) in [5.74, 6) is 0.821. The summed E-state index contributed by atoms with van der Waals surface area (Å²) in [5.41, 5.74) is 14.7. The van der Waals surface area contributed by atoms with E-state index in [2.05, 4.69) is 66.6 Å². The number of rotatable bonds is 4. The van der Waals surface area contributed by atoms with E-state index in [0.717, 1.165) is 24.3 Å². The van der Waals surface area contributed by atoms with Crippen LogP contribution in [0.2, 0.25) is 0 Å². The van der Waals surface area contributed by atoms with Crippen molar-refractivity contribution in [3.8, 4) is 11.3 Å². The number of hydrogen-bond acceptors (Lipinski definition) is 1. The maximum Gasteiger partial charge on any atom is 0.0531 e. The van der Waals surface area contributed by atoms with E-state index in [1.807, 2.05) is 0 Å². The van der Waals surface area contributed by atoms with Crippen LogP contribution in [0.5, 0.6) is 0 Å². The Morgan fingerprint density at radius 2 is 2.04 bits per heavy atom. The van der Waals surface area contributed by atoms with Gasteiger partial charge in [0.1, 0.15) is 0 Å². The predicted octanol–water partition coefficient (Wildman–Crippen LogP) is 5.31. The lowest BCUT2D eigenvalue weighted by Gasteiger charge is -2.24. The van der Waals surface area contributed by atoms with Crippen LogP contribution in [0.25, 0.3) is 17.0 Å². The third-order valence-corrected chi connectivity index (χ3v) is 5.69. The van der Waals surface area contributed by atoms with Gasteiger partial charge in [-0.3, -0.25) is 0 Å². The van der Waals surface area contributed by atoms with E-state index in [1.165, 1.54) is 47.5 Å². The summed E-state index contributed by atoms with van der Waals surface area (Å²) in [5, 5.41) is 0. The second-order valence-electron chi connectivity index (χ2n) is 7.27. The minimum Gasteiger partial charge on any atom is -0.399 e. The lowest BCUT2D eigenvalue weighted by Crippen LogP contribution is -2.15. The van der Waals surface area contributed by atoms with E-state index in [-0.39, 0.29) is 0 Å². The van der Waals surface area contributed by atoms with E-state index in [1.54, 1.807) is 0 Å². The Labute approximate surface area is 150 Å². The minimum absolute atomic E-state index is 0.680. The maximum absolute atomic E-state index is 5.93. The van der Waals surface area contributed by atoms with E-state index in [0.29, 0.717) is 5.70 Å². The Balaban J connectivity index is 1.80. The highest BCUT2D eigenvalue weighted by Gasteiger charge is 2.26. The molecule has 2 aromatic rings. The minimum atomic E-state index is 0.680. The van der Waals surface area contributed by atoms with E-state index in [9.17, 15) is 0 Å². The molecule has 0 spiro atoms. The lowest BCUT2D eigenvalue weighted by molar-refractivity contribution is 0.440. The first-order valence-electron chi connectivity index (χ1n) is 9.31. The van der Waals surface area contributed by atoms with Crippen LogP contribution < -0.4 is 5.73 Å². The number of allylic oxidation sites excluding steroid dienone is 4. The van der Waals surface area contributed by atoms with E-state index in [4.69, 9.17) is 5.73 Å². The van der Waals surface area contributed by atoms with Crippen LogP contribution in [-0.4, -0.2) is 4.57 Å². The fourth-order valence-electron chi connectivity index (χ4n) is 4.19. The van der Waals surface area contributed by atoms with Crippen molar-refractivity contribution < 1.29 is 0 Å². The van der Waals surface area contributed by atoms with Gasteiger partial charge in [-0.15, -0.1) is 0 Å². The van der Waals surface area contributed by atoms with Crippen LogP contribution in [0.4, 0.5) is 0 Å². The van der Waals surface area contributed by atoms with Gasteiger partial charge in [0.15, 0.2) is 0 Å². The number of nitrogens with zero attached hydrogens (tertiary/aromatic N) is 1. The molecule has 1 unspecified atom stereocenters. The average molecular weight is 330 g/mol. The van der Waals surface area contributed by atoms with Crippen LogP contribution in [0.1, 0.15) is 37.4 Å². The first-order valence-corrected chi connectivity index (χ1v) is 9.31. The smallest absolute Gasteiger partial charge is 0.0531 e. The summed E-state index contributed by atoms with van der Waals surface area (Å²) in [6, 6.07) is 13.2. The maximum atomic E-state index is 5.93. The third-order valence-electron chi connectivity index (χ3n) is 5.69. The van der Waals surface area contributed by atoms with Crippen molar-refractivity contribution in [2.24, 2.45) is 11.7 Å². The topological polar surface area (TPSA) is 30.9 Å². The molecule has 0 saturated carbocycles. The Hall–Kier alpha value is -2.48. The fourth-order valence-corrected chi connectivity index (χ4v) is 4.19. The van der Waals surface area contributed by atoms with Gasteiger partial charge in [0.2, 0.25) is 0 Å². The fraction of sp³-hybridized carbons (Fsp3) is 0.304. The molecule has 25 heavy (non-hydrogen) atoms. The number of fused-ring (bicyclic) bond motifs is 1. The molecule has 2 heteroatoms. The summed E-state index contributed by atoms with van der Waals surface area (Å²) < 4.78 is 2.49. The third kappa shape index (κ3) is 2.86. The van der Waals surface area contributed by atoms with Gasteiger partial charge < -0.3 is 10.3 Å². The molecule has 0 saturated heterocycles. The zero-order chi connectivity index (χ0) is 17.4. The molecule has 0 radical (unpaired) electrons. The quantitative estimate of drug-likeness (QED) is 0.809. The molecule has 2 nitrogen and oxygen atoms in total. The van der Waals surface area contributed by atoms with Crippen LogP contribution in [0, 0.1) is 5.92 Å². The molecule has 1 atom stereocenters. The standard InChI is InChI=1S/C23H26N2/c1-3-17-9-12-22-20(13-17)15-23(18-7-5-4-6-8-18)25(22)21-11-10-19(14-21)16(2)24/h4-8,10-11,15,17H,2-3,9,12-14,24H2,1H3. The van der Waals surface area contributed by atoms with Crippen molar-refractivity contribution >= 4 is 5.70 Å². The van der Waals surface area contributed by atoms with Gasteiger partial charge >= 0.3 is 0 Å². The molecule has 0 bridgehead atoms. The second-order valence-corrected chi connectivity index (χ2v) is 7.27. The Kier molecular flexibility index (Phi) is 4.12. The lowest BCUT2D eigenvalue weighted by atomic mass is 9.86. The summed E-state index contributed by atoms with van der Waals surface area (Å²) in [4.78, 5) is 0. The van der Waals surface area contributed by atoms with Gasteiger partial charge in [-0.05, 0) is 54.0 Å². The summed E-state index contributed by atoms with van der Waals surface area (Å²) in [6.07, 6.45) is 10.1. The Morgan fingerprint density at radius 1 is 1.24 bits per heavy atom. The van der Waals surface area contributed by atoms with Crippen LogP contribution in [-0.2, 0) is 12.8 Å². The highest BCUT2D eigenvalue weighted by atomic mass is 15.0. The van der Waals surface area contributed by atoms with Crippen molar-refractivity contribution in [3.63, 3.8) is 0 Å². The highest BCUT2D eigenvalue weighted by Crippen LogP contribution is 2.39. The number of benzene rings is 1. The molecule has 1 aromatic heterocycles. The van der Waals surface area contributed by atoms with Gasteiger partial charge in [-0.25, -0.2) is 0 Å². The number of hydrogen-bond donors (Lipinski definition) is 1. The van der Waals surface area contributed by atoms with Crippen LogP contribution >= 0.6 is 0 Å². The normalized spacial score (nSPS) is 19.3. The molecule has 1 heterocycles. The monoisotopic (exact) mass is 330 g/mol. The molecule has 0 aliphatic heterocycles. The highest BCUT2D eigenvalue weighted by molar-refractivity contribution is 5.72. The summed E-state index contributed by atoms with van der Waals surface area (Å²) in [7, 11) is 0. The first kappa shape index (κ1) is 16.0. The van der Waals surface area contributed by atoms with Gasteiger partial charge in [0, 0.05) is 23.5 Å². The van der Waals surface area contributed by atoms with Crippen molar-refractivity contribution in [1.82, 2.24) is 4.57 Å².